The molecule has 0 saturated heterocycles. The van der Waals surface area contributed by atoms with Gasteiger partial charge in [-0.05, 0) is 66.7 Å². The number of nitriles is 1. The third-order valence-electron chi connectivity index (χ3n) is 9.63. The van der Waals surface area contributed by atoms with E-state index in [-0.39, 0.29) is 0 Å². The molecule has 0 spiro atoms. The molecule has 0 N–H and O–H groups in total. The topological polar surface area (TPSA) is 38.6 Å². The molecule has 10 rings (SSSR count). The van der Waals surface area contributed by atoms with Crippen molar-refractivity contribution >= 4 is 65.4 Å². The monoisotopic (exact) mass is 598 g/mol. The summed E-state index contributed by atoms with van der Waals surface area (Å²) in [6.45, 7) is 0. The average molecular weight is 599 g/mol. The van der Waals surface area contributed by atoms with Gasteiger partial charge in [0.2, 0.25) is 0 Å². The van der Waals surface area contributed by atoms with Crippen LogP contribution in [0.2, 0.25) is 0 Å². The molecule has 3 aromatic heterocycles. The van der Waals surface area contributed by atoms with Crippen LogP contribution < -0.4 is 0 Å². The Labute approximate surface area is 270 Å². The molecule has 0 aliphatic rings. The second-order valence-electron chi connectivity index (χ2n) is 12.1. The summed E-state index contributed by atoms with van der Waals surface area (Å²) in [5.41, 5.74) is 10.5. The second-order valence-corrected chi connectivity index (χ2v) is 12.1. The number of hydrogen-bond acceptors (Lipinski definition) is 1. The Bertz CT molecular complexity index is 2900. The largest absolute Gasteiger partial charge is 0.309 e. The van der Waals surface area contributed by atoms with Crippen LogP contribution in [0.25, 0.3) is 82.5 Å². The van der Waals surface area contributed by atoms with Crippen molar-refractivity contribution in [2.24, 2.45) is 0 Å². The SMILES string of the molecule is N#Cc1cc2c3ccccc3n(-c3ccccc3)c2c2c3ccccc3n(-c3ccc4c(c3)c3ccccc3n4-c3ccccc3)c12. The predicted molar refractivity (Wildman–Crippen MR) is 194 cm³/mol. The van der Waals surface area contributed by atoms with E-state index in [2.05, 4.69) is 177 Å². The normalized spacial score (nSPS) is 11.8. The fraction of sp³-hybridized carbons (Fsp3) is 0. The van der Waals surface area contributed by atoms with Crippen LogP contribution in [0.5, 0.6) is 0 Å². The lowest BCUT2D eigenvalue weighted by Crippen LogP contribution is -1.98. The molecular formula is C43H26N4. The molecule has 218 valence electrons. The minimum Gasteiger partial charge on any atom is -0.309 e. The quantitative estimate of drug-likeness (QED) is 0.199. The number of rotatable bonds is 3. The summed E-state index contributed by atoms with van der Waals surface area (Å²) in [6.07, 6.45) is 0. The first-order valence-corrected chi connectivity index (χ1v) is 15.9. The van der Waals surface area contributed by atoms with E-state index in [1.807, 2.05) is 0 Å². The van der Waals surface area contributed by atoms with Crippen LogP contribution in [0.3, 0.4) is 0 Å². The van der Waals surface area contributed by atoms with Crippen molar-refractivity contribution in [3.63, 3.8) is 0 Å². The molecule has 4 heteroatoms. The summed E-state index contributed by atoms with van der Waals surface area (Å²) in [5, 5.41) is 17.5. The zero-order valence-corrected chi connectivity index (χ0v) is 25.3. The minimum absolute atomic E-state index is 0.659. The molecule has 0 radical (unpaired) electrons. The van der Waals surface area contributed by atoms with Gasteiger partial charge in [-0.3, -0.25) is 0 Å². The molecule has 0 saturated carbocycles. The van der Waals surface area contributed by atoms with Crippen LogP contribution in [-0.4, -0.2) is 13.7 Å². The highest BCUT2D eigenvalue weighted by molar-refractivity contribution is 6.27. The van der Waals surface area contributed by atoms with E-state index in [4.69, 9.17) is 0 Å². The summed E-state index contributed by atoms with van der Waals surface area (Å²) >= 11 is 0. The van der Waals surface area contributed by atoms with E-state index in [0.29, 0.717) is 5.56 Å². The number of para-hydroxylation sites is 5. The number of hydrogen-bond donors (Lipinski definition) is 0. The van der Waals surface area contributed by atoms with Gasteiger partial charge in [0.05, 0.1) is 38.7 Å². The van der Waals surface area contributed by atoms with Crippen LogP contribution in [0.1, 0.15) is 5.56 Å². The van der Waals surface area contributed by atoms with Crippen LogP contribution in [0.4, 0.5) is 0 Å². The fourth-order valence-electron chi connectivity index (χ4n) is 7.76. The van der Waals surface area contributed by atoms with E-state index < -0.39 is 0 Å². The van der Waals surface area contributed by atoms with Gasteiger partial charge in [-0.1, -0.05) is 91.0 Å². The van der Waals surface area contributed by atoms with Crippen molar-refractivity contribution in [3.8, 4) is 23.1 Å². The lowest BCUT2D eigenvalue weighted by atomic mass is 10.0. The molecule has 0 aliphatic carbocycles. The van der Waals surface area contributed by atoms with Gasteiger partial charge in [0, 0.05) is 49.4 Å². The van der Waals surface area contributed by atoms with E-state index >= 15 is 0 Å². The van der Waals surface area contributed by atoms with Crippen molar-refractivity contribution < 1.29 is 0 Å². The van der Waals surface area contributed by atoms with Gasteiger partial charge in [0.1, 0.15) is 6.07 Å². The van der Waals surface area contributed by atoms with E-state index in [1.54, 1.807) is 0 Å². The van der Waals surface area contributed by atoms with Crippen LogP contribution in [-0.2, 0) is 0 Å². The highest BCUT2D eigenvalue weighted by atomic mass is 15.0. The Morgan fingerprint density at radius 2 is 0.851 bits per heavy atom. The molecular weight excluding hydrogens is 573 g/mol. The van der Waals surface area contributed by atoms with Gasteiger partial charge in [0.25, 0.3) is 0 Å². The van der Waals surface area contributed by atoms with Crippen molar-refractivity contribution in [1.29, 1.82) is 5.26 Å². The number of benzene rings is 7. The van der Waals surface area contributed by atoms with Gasteiger partial charge in [0.15, 0.2) is 0 Å². The molecule has 7 aromatic carbocycles. The Morgan fingerprint density at radius 1 is 0.362 bits per heavy atom. The maximum atomic E-state index is 10.8. The fourth-order valence-corrected chi connectivity index (χ4v) is 7.76. The highest BCUT2D eigenvalue weighted by Crippen LogP contribution is 2.44. The van der Waals surface area contributed by atoms with E-state index in [0.717, 1.165) is 66.2 Å². The molecule has 47 heavy (non-hydrogen) atoms. The van der Waals surface area contributed by atoms with Crippen molar-refractivity contribution in [2.75, 3.05) is 0 Å². The summed E-state index contributed by atoms with van der Waals surface area (Å²) in [4.78, 5) is 0. The summed E-state index contributed by atoms with van der Waals surface area (Å²) in [6, 6.07) is 58.2. The number of fused-ring (bicyclic) bond motifs is 10. The summed E-state index contributed by atoms with van der Waals surface area (Å²) in [5.74, 6) is 0. The van der Waals surface area contributed by atoms with Crippen molar-refractivity contribution in [3.05, 3.63) is 163 Å². The molecule has 0 atom stereocenters. The number of aromatic nitrogens is 3. The van der Waals surface area contributed by atoms with Crippen molar-refractivity contribution in [1.82, 2.24) is 13.7 Å². The molecule has 0 bridgehead atoms. The Kier molecular flexibility index (Phi) is 5.32. The molecule has 3 heterocycles. The van der Waals surface area contributed by atoms with Crippen LogP contribution >= 0.6 is 0 Å². The van der Waals surface area contributed by atoms with E-state index in [9.17, 15) is 5.26 Å². The first-order valence-electron chi connectivity index (χ1n) is 15.9. The average Bonchev–Trinajstić information content (AvgIpc) is 3.77. The minimum atomic E-state index is 0.659. The van der Waals surface area contributed by atoms with Gasteiger partial charge in [-0.2, -0.15) is 5.26 Å². The Balaban J connectivity index is 1.38. The first-order chi connectivity index (χ1) is 23.3. The van der Waals surface area contributed by atoms with Crippen molar-refractivity contribution in [2.45, 2.75) is 0 Å². The van der Waals surface area contributed by atoms with Gasteiger partial charge >= 0.3 is 0 Å². The zero-order valence-electron chi connectivity index (χ0n) is 25.3. The maximum absolute atomic E-state index is 10.8. The van der Waals surface area contributed by atoms with Crippen LogP contribution in [0, 0.1) is 11.3 Å². The molecule has 10 aromatic rings. The molecule has 0 fully saturated rings. The predicted octanol–water partition coefficient (Wildman–Crippen LogP) is 10.8. The third kappa shape index (κ3) is 3.51. The van der Waals surface area contributed by atoms with Gasteiger partial charge in [-0.15, -0.1) is 0 Å². The van der Waals surface area contributed by atoms with E-state index in [1.165, 1.54) is 16.3 Å². The lowest BCUT2D eigenvalue weighted by Gasteiger charge is -2.12. The highest BCUT2D eigenvalue weighted by Gasteiger charge is 2.24. The zero-order chi connectivity index (χ0) is 31.1. The first kappa shape index (κ1) is 25.7. The number of nitrogens with zero attached hydrogens (tertiary/aromatic N) is 4. The van der Waals surface area contributed by atoms with Crippen LogP contribution in [0.15, 0.2) is 158 Å². The molecule has 4 nitrogen and oxygen atoms in total. The Morgan fingerprint density at radius 3 is 1.51 bits per heavy atom. The maximum Gasteiger partial charge on any atom is 0.101 e. The third-order valence-corrected chi connectivity index (χ3v) is 9.63. The smallest absolute Gasteiger partial charge is 0.101 e. The molecule has 0 amide bonds. The molecule has 0 unspecified atom stereocenters. The Hall–Kier alpha value is -6.57. The standard InChI is InChI=1S/C43H26N4/c44-27-28-25-36-33-18-8-11-21-38(33)46(30-15-5-2-6-16-30)43(36)41-34-19-9-12-22-39(34)47(42(28)41)31-23-24-40-35(26-31)32-17-7-10-20-37(32)45(40)29-13-3-1-4-14-29/h1-26H. The lowest BCUT2D eigenvalue weighted by molar-refractivity contribution is 1.16. The summed E-state index contributed by atoms with van der Waals surface area (Å²) in [7, 11) is 0. The van der Waals surface area contributed by atoms with Gasteiger partial charge < -0.3 is 13.7 Å². The van der Waals surface area contributed by atoms with Gasteiger partial charge in [-0.25, -0.2) is 0 Å². The second kappa shape index (κ2) is 9.71. The summed E-state index contributed by atoms with van der Waals surface area (Å²) < 4.78 is 6.99. The molecule has 0 aliphatic heterocycles.